The Kier molecular flexibility index (Phi) is 1.68. The fourth-order valence-electron chi connectivity index (χ4n) is 0.554. The maximum absolute atomic E-state index is 4.98. The van der Waals surface area contributed by atoms with E-state index in [4.69, 9.17) is 4.74 Å². The third-order valence-electron chi connectivity index (χ3n) is 1.00. The van der Waals surface area contributed by atoms with Gasteiger partial charge in [-0.2, -0.15) is 12.6 Å². The fraction of sp³-hybridized carbons (Fsp3) is 0.600. The molecule has 1 N–H and O–H groups in total. The summed E-state index contributed by atoms with van der Waals surface area (Å²) in [6.07, 6.45) is 0.944. The minimum atomic E-state index is 0.862. The molecule has 0 atom stereocenters. The number of thiol groups is 1. The van der Waals surface area contributed by atoms with Crippen molar-refractivity contribution in [1.82, 2.24) is 5.32 Å². The standard InChI is InChI=1S/C5H9NOS/c1-6-5-4(7-5)2-3-8/h6,8H,2-3H2,1H3. The molecule has 3 heteroatoms. The topological polar surface area (TPSA) is 24.6 Å². The van der Waals surface area contributed by atoms with E-state index in [2.05, 4.69) is 17.9 Å². The van der Waals surface area contributed by atoms with Crippen LogP contribution < -0.4 is 5.32 Å². The number of rotatable bonds is 3. The zero-order valence-electron chi connectivity index (χ0n) is 4.77. The molecule has 0 spiro atoms. The van der Waals surface area contributed by atoms with Gasteiger partial charge in [0.2, 0.25) is 5.88 Å². The van der Waals surface area contributed by atoms with Crippen molar-refractivity contribution in [2.24, 2.45) is 0 Å². The first-order chi connectivity index (χ1) is 3.88. The normalized spacial score (nSPS) is 15.8. The van der Waals surface area contributed by atoms with E-state index in [1.807, 2.05) is 7.05 Å². The van der Waals surface area contributed by atoms with E-state index in [0.717, 1.165) is 23.8 Å². The molecule has 0 saturated heterocycles. The molecule has 1 aliphatic rings. The first-order valence-corrected chi connectivity index (χ1v) is 3.21. The Morgan fingerprint density at radius 1 is 1.75 bits per heavy atom. The summed E-state index contributed by atoms with van der Waals surface area (Å²) in [5, 5.41) is 2.90. The molecule has 0 radical (unpaired) electrons. The number of nitrogens with one attached hydrogen (secondary N) is 1. The molecule has 0 aromatic rings. The lowest BCUT2D eigenvalue weighted by atomic mass is 10.5. The van der Waals surface area contributed by atoms with E-state index >= 15 is 0 Å². The Balaban J connectivity index is 2.20. The third-order valence-corrected chi connectivity index (χ3v) is 1.23. The molecule has 1 rings (SSSR count). The SMILES string of the molecule is CNC1=C(CCS)O1. The highest BCUT2D eigenvalue weighted by atomic mass is 32.1. The lowest BCUT2D eigenvalue weighted by Gasteiger charge is -1.76. The first kappa shape index (κ1) is 5.82. The van der Waals surface area contributed by atoms with Gasteiger partial charge in [0.1, 0.15) is 0 Å². The molecule has 0 bridgehead atoms. The summed E-state index contributed by atoms with van der Waals surface area (Å²) in [5.41, 5.74) is 0. The molecule has 0 saturated carbocycles. The fourth-order valence-corrected chi connectivity index (χ4v) is 0.757. The summed E-state index contributed by atoms with van der Waals surface area (Å²) in [4.78, 5) is 0. The highest BCUT2D eigenvalue weighted by Crippen LogP contribution is 2.25. The summed E-state index contributed by atoms with van der Waals surface area (Å²) >= 11 is 4.04. The third kappa shape index (κ3) is 1.10. The smallest absolute Gasteiger partial charge is 0.232 e. The monoisotopic (exact) mass is 131 g/mol. The predicted octanol–water partition coefficient (Wildman–Crippen LogP) is 0.725. The van der Waals surface area contributed by atoms with Crippen LogP contribution in [0.5, 0.6) is 0 Å². The van der Waals surface area contributed by atoms with E-state index in [9.17, 15) is 0 Å². The van der Waals surface area contributed by atoms with Crippen LogP contribution in [0.25, 0.3) is 0 Å². The molecule has 0 unspecified atom stereocenters. The van der Waals surface area contributed by atoms with Gasteiger partial charge in [0.25, 0.3) is 0 Å². The molecule has 1 heterocycles. The summed E-state index contributed by atoms with van der Waals surface area (Å²) in [6, 6.07) is 0. The molecule has 0 aromatic heterocycles. The average Bonchev–Trinajstić information content (AvgIpc) is 2.48. The van der Waals surface area contributed by atoms with Crippen molar-refractivity contribution in [2.75, 3.05) is 12.8 Å². The van der Waals surface area contributed by atoms with Crippen molar-refractivity contribution >= 4 is 12.6 Å². The molecule has 0 aliphatic carbocycles. The second kappa shape index (κ2) is 2.31. The van der Waals surface area contributed by atoms with Gasteiger partial charge >= 0.3 is 0 Å². The zero-order valence-corrected chi connectivity index (χ0v) is 5.66. The van der Waals surface area contributed by atoms with Gasteiger partial charge in [-0.05, 0) is 5.75 Å². The molecule has 2 nitrogen and oxygen atoms in total. The minimum Gasteiger partial charge on any atom is -0.437 e. The molecule has 46 valence electrons. The van der Waals surface area contributed by atoms with E-state index in [1.54, 1.807) is 0 Å². The van der Waals surface area contributed by atoms with Crippen molar-refractivity contribution in [3.8, 4) is 0 Å². The van der Waals surface area contributed by atoms with E-state index in [1.165, 1.54) is 0 Å². The predicted molar refractivity (Wildman–Crippen MR) is 35.6 cm³/mol. The quantitative estimate of drug-likeness (QED) is 0.552. The van der Waals surface area contributed by atoms with Gasteiger partial charge in [0.05, 0.1) is 0 Å². The molecular formula is C5H9NOS. The van der Waals surface area contributed by atoms with Gasteiger partial charge in [0, 0.05) is 13.5 Å². The molecule has 8 heavy (non-hydrogen) atoms. The first-order valence-electron chi connectivity index (χ1n) is 2.58. The van der Waals surface area contributed by atoms with Gasteiger partial charge in [-0.15, -0.1) is 0 Å². The minimum absolute atomic E-state index is 0.862. The van der Waals surface area contributed by atoms with Crippen molar-refractivity contribution in [2.45, 2.75) is 6.42 Å². The molecular weight excluding hydrogens is 122 g/mol. The van der Waals surface area contributed by atoms with Crippen LogP contribution in [0.2, 0.25) is 0 Å². The molecule has 0 amide bonds. The van der Waals surface area contributed by atoms with Gasteiger partial charge in [-0.25, -0.2) is 0 Å². The zero-order chi connectivity index (χ0) is 5.98. The number of ether oxygens (including phenoxy) is 1. The lowest BCUT2D eigenvalue weighted by Crippen LogP contribution is -1.94. The molecule has 1 aliphatic heterocycles. The van der Waals surface area contributed by atoms with E-state index in [0.29, 0.717) is 0 Å². The lowest BCUT2D eigenvalue weighted by molar-refractivity contribution is 0.437. The summed E-state index contributed by atoms with van der Waals surface area (Å²) < 4.78 is 4.98. The van der Waals surface area contributed by atoms with Crippen LogP contribution in [-0.2, 0) is 4.74 Å². The van der Waals surface area contributed by atoms with Crippen LogP contribution in [0.3, 0.4) is 0 Å². The highest BCUT2D eigenvalue weighted by molar-refractivity contribution is 7.80. The summed E-state index contributed by atoms with van der Waals surface area (Å²) in [6.45, 7) is 0. The maximum atomic E-state index is 4.98. The Morgan fingerprint density at radius 2 is 2.50 bits per heavy atom. The van der Waals surface area contributed by atoms with E-state index in [-0.39, 0.29) is 0 Å². The highest BCUT2D eigenvalue weighted by Gasteiger charge is 2.21. The van der Waals surface area contributed by atoms with Gasteiger partial charge in [-0.1, -0.05) is 0 Å². The van der Waals surface area contributed by atoms with Gasteiger partial charge < -0.3 is 10.1 Å². The van der Waals surface area contributed by atoms with Gasteiger partial charge in [-0.3, -0.25) is 0 Å². The van der Waals surface area contributed by atoms with Crippen molar-refractivity contribution in [3.63, 3.8) is 0 Å². The van der Waals surface area contributed by atoms with Crippen molar-refractivity contribution in [1.29, 1.82) is 0 Å². The Morgan fingerprint density at radius 3 is 2.88 bits per heavy atom. The van der Waals surface area contributed by atoms with Crippen LogP contribution in [0.4, 0.5) is 0 Å². The Bertz CT molecular complexity index is 122. The maximum Gasteiger partial charge on any atom is 0.232 e. The Hall–Kier alpha value is -0.310. The van der Waals surface area contributed by atoms with Crippen LogP contribution in [0.15, 0.2) is 11.6 Å². The second-order valence-corrected chi connectivity index (χ2v) is 2.03. The number of hydrogen-bond donors (Lipinski definition) is 2. The van der Waals surface area contributed by atoms with Crippen LogP contribution in [0.1, 0.15) is 6.42 Å². The summed E-state index contributed by atoms with van der Waals surface area (Å²) in [7, 11) is 1.85. The average molecular weight is 131 g/mol. The number of hydrogen-bond acceptors (Lipinski definition) is 3. The van der Waals surface area contributed by atoms with Crippen LogP contribution in [0, 0.1) is 0 Å². The van der Waals surface area contributed by atoms with Crippen molar-refractivity contribution in [3.05, 3.63) is 11.6 Å². The number of allylic oxidation sites excluding steroid dienone is 1. The molecule has 0 fully saturated rings. The van der Waals surface area contributed by atoms with Crippen LogP contribution in [-0.4, -0.2) is 12.8 Å². The van der Waals surface area contributed by atoms with E-state index < -0.39 is 0 Å². The van der Waals surface area contributed by atoms with Crippen LogP contribution >= 0.6 is 12.6 Å². The van der Waals surface area contributed by atoms with Crippen molar-refractivity contribution < 1.29 is 4.74 Å². The second-order valence-electron chi connectivity index (χ2n) is 1.58. The molecule has 0 aromatic carbocycles. The van der Waals surface area contributed by atoms with Gasteiger partial charge in [0.15, 0.2) is 5.76 Å². The summed E-state index contributed by atoms with van der Waals surface area (Å²) in [5.74, 6) is 2.85. The Labute approximate surface area is 54.3 Å². The largest absolute Gasteiger partial charge is 0.437 e.